The van der Waals surface area contributed by atoms with E-state index < -0.39 is 0 Å². The van der Waals surface area contributed by atoms with Crippen LogP contribution in [0.1, 0.15) is 19.8 Å². The first kappa shape index (κ1) is 13.7. The van der Waals surface area contributed by atoms with Crippen LogP contribution < -0.4 is 11.1 Å². The molecule has 0 bridgehead atoms. The summed E-state index contributed by atoms with van der Waals surface area (Å²) >= 11 is 0. The van der Waals surface area contributed by atoms with Gasteiger partial charge in [-0.05, 0) is 26.0 Å². The maximum Gasteiger partial charge on any atom is 0.148 e. The normalized spacial score (nSPS) is 12.7. The van der Waals surface area contributed by atoms with Crippen molar-refractivity contribution in [3.63, 3.8) is 0 Å². The largest absolute Gasteiger partial charge is 0.396 e. The van der Waals surface area contributed by atoms with E-state index >= 15 is 0 Å². The first-order valence-electron chi connectivity index (χ1n) is 5.09. The second-order valence-corrected chi connectivity index (χ2v) is 3.02. The molecule has 0 heterocycles. The summed E-state index contributed by atoms with van der Waals surface area (Å²) < 4.78 is 4.95. The molecular formula is C11H21N3O. The van der Waals surface area contributed by atoms with E-state index in [1.54, 1.807) is 13.3 Å². The number of nitrogens with zero attached hydrogens (tertiary/aromatic N) is 1. The maximum absolute atomic E-state index is 5.74. The molecule has 0 aromatic rings. The van der Waals surface area contributed by atoms with Crippen LogP contribution in [0.2, 0.25) is 0 Å². The van der Waals surface area contributed by atoms with Crippen molar-refractivity contribution < 1.29 is 4.74 Å². The average Bonchev–Trinajstić information content (AvgIpc) is 2.26. The molecule has 15 heavy (non-hydrogen) atoms. The number of ether oxygens (including phenoxy) is 1. The quantitative estimate of drug-likeness (QED) is 0.380. The van der Waals surface area contributed by atoms with Crippen molar-refractivity contribution in [3.8, 4) is 0 Å². The van der Waals surface area contributed by atoms with E-state index in [2.05, 4.69) is 16.9 Å². The Bertz CT molecular complexity index is 234. The number of unbranched alkanes of at least 4 members (excludes halogenated alkanes) is 1. The summed E-state index contributed by atoms with van der Waals surface area (Å²) in [6.07, 6.45) is 5.39. The highest BCUT2D eigenvalue weighted by Crippen LogP contribution is 1.93. The topological polar surface area (TPSA) is 59.6 Å². The van der Waals surface area contributed by atoms with Gasteiger partial charge >= 0.3 is 0 Å². The minimum atomic E-state index is 0.640. The van der Waals surface area contributed by atoms with Gasteiger partial charge in [0, 0.05) is 20.3 Å². The monoisotopic (exact) mass is 211 g/mol. The summed E-state index contributed by atoms with van der Waals surface area (Å²) in [5, 5.41) is 2.91. The third-order valence-corrected chi connectivity index (χ3v) is 1.85. The van der Waals surface area contributed by atoms with Crippen molar-refractivity contribution in [1.82, 2.24) is 5.32 Å². The Kier molecular flexibility index (Phi) is 8.47. The Morgan fingerprint density at radius 3 is 2.80 bits per heavy atom. The van der Waals surface area contributed by atoms with Gasteiger partial charge in [-0.1, -0.05) is 12.7 Å². The van der Waals surface area contributed by atoms with E-state index in [0.717, 1.165) is 26.0 Å². The summed E-state index contributed by atoms with van der Waals surface area (Å²) in [7, 11) is 1.70. The predicted molar refractivity (Wildman–Crippen MR) is 64.7 cm³/mol. The Balaban J connectivity index is 4.01. The number of aliphatic imine (C=N–C) groups is 1. The maximum atomic E-state index is 5.74. The summed E-state index contributed by atoms with van der Waals surface area (Å²) in [5.41, 5.74) is 6.38. The number of nitrogens with one attached hydrogen (secondary N) is 1. The molecule has 0 atom stereocenters. The van der Waals surface area contributed by atoms with Crippen molar-refractivity contribution in [1.29, 1.82) is 0 Å². The number of allylic oxidation sites excluding steroid dienone is 1. The van der Waals surface area contributed by atoms with E-state index in [9.17, 15) is 0 Å². The summed E-state index contributed by atoms with van der Waals surface area (Å²) in [5.74, 6) is 0.685. The van der Waals surface area contributed by atoms with Gasteiger partial charge in [-0.3, -0.25) is 4.99 Å². The van der Waals surface area contributed by atoms with Crippen molar-refractivity contribution in [2.24, 2.45) is 10.7 Å². The molecule has 0 fully saturated rings. The molecule has 4 heteroatoms. The Hall–Kier alpha value is -1.29. The van der Waals surface area contributed by atoms with Crippen LogP contribution in [-0.2, 0) is 4.74 Å². The Morgan fingerprint density at radius 2 is 2.27 bits per heavy atom. The molecule has 4 nitrogen and oxygen atoms in total. The van der Waals surface area contributed by atoms with Gasteiger partial charge in [-0.2, -0.15) is 0 Å². The minimum absolute atomic E-state index is 0.640. The molecule has 0 aliphatic carbocycles. The number of methoxy groups -OCH3 is 1. The summed E-state index contributed by atoms with van der Waals surface area (Å²) in [6, 6.07) is 0. The standard InChI is InChI=1S/C11H21N3O/c1-4-10(12)11(13-5-2)14-8-6-7-9-15-3/h4-5H,2,6-9,12H2,1,3H3,(H,13,14)/b10-4+. The van der Waals surface area contributed by atoms with Crippen molar-refractivity contribution in [3.05, 3.63) is 24.6 Å². The van der Waals surface area contributed by atoms with Crippen LogP contribution in [0, 0.1) is 0 Å². The molecule has 3 N–H and O–H groups in total. The highest BCUT2D eigenvalue weighted by molar-refractivity contribution is 5.97. The van der Waals surface area contributed by atoms with Crippen LogP contribution in [0.5, 0.6) is 0 Å². The highest BCUT2D eigenvalue weighted by atomic mass is 16.5. The third kappa shape index (κ3) is 6.74. The van der Waals surface area contributed by atoms with Gasteiger partial charge in [-0.15, -0.1) is 0 Å². The zero-order chi connectivity index (χ0) is 11.5. The molecule has 0 saturated carbocycles. The number of amidine groups is 1. The molecule has 0 aromatic carbocycles. The lowest BCUT2D eigenvalue weighted by atomic mass is 10.3. The number of hydrogen-bond acceptors (Lipinski definition) is 3. The highest BCUT2D eigenvalue weighted by Gasteiger charge is 1.98. The van der Waals surface area contributed by atoms with Crippen molar-refractivity contribution in [2.45, 2.75) is 19.8 Å². The second-order valence-electron chi connectivity index (χ2n) is 3.02. The molecule has 0 unspecified atom stereocenters. The van der Waals surface area contributed by atoms with Crippen molar-refractivity contribution >= 4 is 5.84 Å². The number of rotatable bonds is 7. The molecule has 0 saturated heterocycles. The van der Waals surface area contributed by atoms with Crippen LogP contribution in [-0.4, -0.2) is 26.1 Å². The van der Waals surface area contributed by atoms with Gasteiger partial charge in [0.05, 0.1) is 5.70 Å². The lowest BCUT2D eigenvalue weighted by Gasteiger charge is -2.06. The smallest absolute Gasteiger partial charge is 0.148 e. The van der Waals surface area contributed by atoms with Gasteiger partial charge in [0.2, 0.25) is 0 Å². The Labute approximate surface area is 91.9 Å². The molecule has 0 aliphatic heterocycles. The second kappa shape index (κ2) is 9.27. The molecule has 0 rings (SSSR count). The van der Waals surface area contributed by atoms with Gasteiger partial charge in [0.25, 0.3) is 0 Å². The predicted octanol–water partition coefficient (Wildman–Crippen LogP) is 1.41. The fourth-order valence-electron chi connectivity index (χ4n) is 1.00. The lowest BCUT2D eigenvalue weighted by molar-refractivity contribution is 0.193. The zero-order valence-electron chi connectivity index (χ0n) is 9.62. The molecule has 0 radical (unpaired) electrons. The minimum Gasteiger partial charge on any atom is -0.396 e. The van der Waals surface area contributed by atoms with Gasteiger partial charge in [0.15, 0.2) is 0 Å². The van der Waals surface area contributed by atoms with Crippen molar-refractivity contribution in [2.75, 3.05) is 20.3 Å². The summed E-state index contributed by atoms with van der Waals surface area (Å²) in [6.45, 7) is 6.98. The van der Waals surface area contributed by atoms with E-state index in [4.69, 9.17) is 10.5 Å². The SMILES string of the molecule is C=CNC(=NCCCCOC)/C(N)=C\C. The summed E-state index contributed by atoms with van der Waals surface area (Å²) in [4.78, 5) is 4.34. The van der Waals surface area contributed by atoms with Gasteiger partial charge in [0.1, 0.15) is 5.84 Å². The average molecular weight is 211 g/mol. The van der Waals surface area contributed by atoms with Crippen LogP contribution >= 0.6 is 0 Å². The van der Waals surface area contributed by atoms with E-state index in [1.807, 2.05) is 13.0 Å². The van der Waals surface area contributed by atoms with Gasteiger partial charge < -0.3 is 15.8 Å². The third-order valence-electron chi connectivity index (χ3n) is 1.85. The van der Waals surface area contributed by atoms with Crippen LogP contribution in [0.4, 0.5) is 0 Å². The van der Waals surface area contributed by atoms with E-state index in [-0.39, 0.29) is 0 Å². The molecule has 0 spiro atoms. The van der Waals surface area contributed by atoms with Gasteiger partial charge in [-0.25, -0.2) is 0 Å². The van der Waals surface area contributed by atoms with E-state index in [0.29, 0.717) is 11.5 Å². The molecule has 0 aliphatic rings. The Morgan fingerprint density at radius 1 is 1.53 bits per heavy atom. The molecular weight excluding hydrogens is 190 g/mol. The number of nitrogens with two attached hydrogens (primary N) is 1. The number of hydrogen-bond donors (Lipinski definition) is 2. The van der Waals surface area contributed by atoms with E-state index in [1.165, 1.54) is 0 Å². The molecule has 86 valence electrons. The first-order chi connectivity index (χ1) is 7.26. The fourth-order valence-corrected chi connectivity index (χ4v) is 1.00. The lowest BCUT2D eigenvalue weighted by Crippen LogP contribution is -2.24. The molecule has 0 aromatic heterocycles. The first-order valence-corrected chi connectivity index (χ1v) is 5.09. The van der Waals surface area contributed by atoms with Crippen LogP contribution in [0.15, 0.2) is 29.5 Å². The van der Waals surface area contributed by atoms with Crippen LogP contribution in [0.25, 0.3) is 0 Å². The van der Waals surface area contributed by atoms with Crippen LogP contribution in [0.3, 0.4) is 0 Å². The zero-order valence-corrected chi connectivity index (χ0v) is 9.62. The molecule has 0 amide bonds. The fraction of sp³-hybridized carbons (Fsp3) is 0.545.